The van der Waals surface area contributed by atoms with Gasteiger partial charge in [0.15, 0.2) is 0 Å². The number of aliphatic hydroxyl groups is 1. The third-order valence-electron chi connectivity index (χ3n) is 2.53. The van der Waals surface area contributed by atoms with Gasteiger partial charge in [-0.05, 0) is 0 Å². The molecule has 2 heterocycles. The molecule has 1 amide bonds. The van der Waals surface area contributed by atoms with Gasteiger partial charge in [0.1, 0.15) is 5.01 Å². The molecule has 1 fully saturated rings. The Balaban J connectivity index is 1.90. The number of hydrogen-bond acceptors (Lipinski definition) is 5. The summed E-state index contributed by atoms with van der Waals surface area (Å²) >= 11 is 1.43. The van der Waals surface area contributed by atoms with Crippen molar-refractivity contribution >= 4 is 17.2 Å². The van der Waals surface area contributed by atoms with Crippen LogP contribution in [0.25, 0.3) is 0 Å². The van der Waals surface area contributed by atoms with Gasteiger partial charge in [-0.3, -0.25) is 4.79 Å². The van der Waals surface area contributed by atoms with Crippen molar-refractivity contribution in [3.63, 3.8) is 0 Å². The van der Waals surface area contributed by atoms with E-state index in [1.165, 1.54) is 11.3 Å². The monoisotopic (exact) mass is 241 g/mol. The summed E-state index contributed by atoms with van der Waals surface area (Å²) in [5, 5.41) is 14.7. The first-order valence-electron chi connectivity index (χ1n) is 5.32. The van der Waals surface area contributed by atoms with Crippen molar-refractivity contribution in [3.05, 3.63) is 16.1 Å². The highest BCUT2D eigenvalue weighted by Gasteiger charge is 2.17. The SMILES string of the molecule is O=C(Cc1nc(CO)cs1)N1CCNCC1. The predicted molar refractivity (Wildman–Crippen MR) is 61.2 cm³/mol. The van der Waals surface area contributed by atoms with Crippen LogP contribution in [-0.2, 0) is 17.8 Å². The van der Waals surface area contributed by atoms with Gasteiger partial charge in [0, 0.05) is 31.6 Å². The number of nitrogens with zero attached hydrogens (tertiary/aromatic N) is 2. The maximum atomic E-state index is 11.9. The van der Waals surface area contributed by atoms with Crippen LogP contribution in [0.4, 0.5) is 0 Å². The Hall–Kier alpha value is -0.980. The number of thiazole rings is 1. The number of carbonyl (C=O) groups is 1. The number of nitrogens with one attached hydrogen (secondary N) is 1. The summed E-state index contributed by atoms with van der Waals surface area (Å²) in [6.45, 7) is 3.23. The molecule has 0 bridgehead atoms. The Morgan fingerprint density at radius 3 is 2.94 bits per heavy atom. The summed E-state index contributed by atoms with van der Waals surface area (Å²) in [7, 11) is 0. The van der Waals surface area contributed by atoms with E-state index in [-0.39, 0.29) is 12.5 Å². The zero-order valence-electron chi connectivity index (χ0n) is 8.98. The van der Waals surface area contributed by atoms with Gasteiger partial charge in [-0.25, -0.2) is 4.98 Å². The number of hydrogen-bond donors (Lipinski definition) is 2. The second kappa shape index (κ2) is 5.38. The molecule has 1 aromatic heterocycles. The predicted octanol–water partition coefficient (Wildman–Crippen LogP) is -0.390. The molecule has 0 unspecified atom stereocenters. The fourth-order valence-corrected chi connectivity index (χ4v) is 2.43. The van der Waals surface area contributed by atoms with Gasteiger partial charge >= 0.3 is 0 Å². The molecule has 0 spiro atoms. The Bertz CT molecular complexity index is 361. The van der Waals surface area contributed by atoms with E-state index in [0.29, 0.717) is 12.1 Å². The van der Waals surface area contributed by atoms with Crippen LogP contribution in [-0.4, -0.2) is 47.1 Å². The number of carbonyl (C=O) groups excluding carboxylic acids is 1. The number of piperazine rings is 1. The topological polar surface area (TPSA) is 65.5 Å². The lowest BCUT2D eigenvalue weighted by atomic mass is 10.3. The first kappa shape index (κ1) is 11.5. The molecule has 2 N–H and O–H groups in total. The fourth-order valence-electron chi connectivity index (χ4n) is 1.66. The van der Waals surface area contributed by atoms with Crippen molar-refractivity contribution < 1.29 is 9.90 Å². The van der Waals surface area contributed by atoms with Crippen LogP contribution in [0.1, 0.15) is 10.7 Å². The zero-order valence-corrected chi connectivity index (χ0v) is 9.79. The van der Waals surface area contributed by atoms with Crippen LogP contribution in [0.3, 0.4) is 0 Å². The molecular formula is C10H15N3O2S. The molecule has 16 heavy (non-hydrogen) atoms. The van der Waals surface area contributed by atoms with E-state index < -0.39 is 0 Å². The van der Waals surface area contributed by atoms with Gasteiger partial charge in [-0.1, -0.05) is 0 Å². The van der Waals surface area contributed by atoms with Crippen LogP contribution < -0.4 is 5.32 Å². The summed E-state index contributed by atoms with van der Waals surface area (Å²) in [5.74, 6) is 0.125. The van der Waals surface area contributed by atoms with E-state index in [0.717, 1.165) is 31.2 Å². The molecule has 2 rings (SSSR count). The van der Waals surface area contributed by atoms with Gasteiger partial charge in [0.05, 0.1) is 18.7 Å². The van der Waals surface area contributed by atoms with E-state index >= 15 is 0 Å². The lowest BCUT2D eigenvalue weighted by Crippen LogP contribution is -2.46. The van der Waals surface area contributed by atoms with Crippen molar-refractivity contribution in [2.75, 3.05) is 26.2 Å². The number of aliphatic hydroxyl groups excluding tert-OH is 1. The van der Waals surface area contributed by atoms with Crippen molar-refractivity contribution in [2.45, 2.75) is 13.0 Å². The highest BCUT2D eigenvalue weighted by atomic mass is 32.1. The van der Waals surface area contributed by atoms with Crippen LogP contribution in [0.2, 0.25) is 0 Å². The lowest BCUT2D eigenvalue weighted by molar-refractivity contribution is -0.131. The quantitative estimate of drug-likeness (QED) is 0.756. The minimum atomic E-state index is -0.0572. The number of rotatable bonds is 3. The average Bonchev–Trinajstić information content (AvgIpc) is 2.78. The summed E-state index contributed by atoms with van der Waals surface area (Å²) in [4.78, 5) is 17.9. The van der Waals surface area contributed by atoms with Crippen molar-refractivity contribution in [1.82, 2.24) is 15.2 Å². The van der Waals surface area contributed by atoms with E-state index in [1.54, 1.807) is 5.38 Å². The summed E-state index contributed by atoms with van der Waals surface area (Å²) in [6.07, 6.45) is 0.352. The maximum absolute atomic E-state index is 11.9. The molecule has 0 radical (unpaired) electrons. The van der Waals surface area contributed by atoms with Crippen molar-refractivity contribution in [2.24, 2.45) is 0 Å². The molecule has 88 valence electrons. The largest absolute Gasteiger partial charge is 0.390 e. The molecule has 6 heteroatoms. The standard InChI is InChI=1S/C10H15N3O2S/c14-6-8-7-16-9(12-8)5-10(15)13-3-1-11-2-4-13/h7,11,14H,1-6H2. The van der Waals surface area contributed by atoms with E-state index in [4.69, 9.17) is 5.11 Å². The molecule has 1 saturated heterocycles. The summed E-state index contributed by atoms with van der Waals surface area (Å²) in [5.41, 5.74) is 0.646. The molecule has 0 saturated carbocycles. The minimum Gasteiger partial charge on any atom is -0.390 e. The Kier molecular flexibility index (Phi) is 3.87. The molecule has 0 aliphatic carbocycles. The Morgan fingerprint density at radius 1 is 1.56 bits per heavy atom. The second-order valence-corrected chi connectivity index (χ2v) is 4.64. The van der Waals surface area contributed by atoms with Crippen molar-refractivity contribution in [3.8, 4) is 0 Å². The molecule has 0 atom stereocenters. The molecule has 1 aromatic rings. The highest BCUT2D eigenvalue weighted by Crippen LogP contribution is 2.11. The van der Waals surface area contributed by atoms with E-state index in [2.05, 4.69) is 10.3 Å². The molecule has 1 aliphatic rings. The van der Waals surface area contributed by atoms with Crippen LogP contribution in [0.15, 0.2) is 5.38 Å². The minimum absolute atomic E-state index is 0.0572. The maximum Gasteiger partial charge on any atom is 0.229 e. The van der Waals surface area contributed by atoms with E-state index in [9.17, 15) is 4.79 Å². The molecule has 5 nitrogen and oxygen atoms in total. The van der Waals surface area contributed by atoms with Gasteiger partial charge < -0.3 is 15.3 Å². The van der Waals surface area contributed by atoms with E-state index in [1.807, 2.05) is 4.90 Å². The second-order valence-electron chi connectivity index (χ2n) is 3.70. The normalized spacial score (nSPS) is 16.4. The summed E-state index contributed by atoms with van der Waals surface area (Å²) in [6, 6.07) is 0. The molecular weight excluding hydrogens is 226 g/mol. The number of amides is 1. The van der Waals surface area contributed by atoms with Gasteiger partial charge in [-0.15, -0.1) is 11.3 Å². The highest BCUT2D eigenvalue weighted by molar-refractivity contribution is 7.09. The lowest BCUT2D eigenvalue weighted by Gasteiger charge is -2.27. The van der Waals surface area contributed by atoms with Gasteiger partial charge in [0.2, 0.25) is 5.91 Å². The summed E-state index contributed by atoms with van der Waals surface area (Å²) < 4.78 is 0. The van der Waals surface area contributed by atoms with Crippen LogP contribution in [0.5, 0.6) is 0 Å². The van der Waals surface area contributed by atoms with Crippen molar-refractivity contribution in [1.29, 1.82) is 0 Å². The number of aromatic nitrogens is 1. The Morgan fingerprint density at radius 2 is 2.31 bits per heavy atom. The molecule has 1 aliphatic heterocycles. The van der Waals surface area contributed by atoms with Gasteiger partial charge in [0.25, 0.3) is 0 Å². The first-order valence-corrected chi connectivity index (χ1v) is 6.20. The first-order chi connectivity index (χ1) is 7.79. The third-order valence-corrected chi connectivity index (χ3v) is 3.43. The fraction of sp³-hybridized carbons (Fsp3) is 0.600. The third kappa shape index (κ3) is 2.78. The smallest absolute Gasteiger partial charge is 0.229 e. The Labute approximate surface area is 98.1 Å². The molecule has 0 aromatic carbocycles. The van der Waals surface area contributed by atoms with Crippen LogP contribution >= 0.6 is 11.3 Å². The average molecular weight is 241 g/mol. The van der Waals surface area contributed by atoms with Crippen LogP contribution in [0, 0.1) is 0 Å². The zero-order chi connectivity index (χ0) is 11.4. The van der Waals surface area contributed by atoms with Gasteiger partial charge in [-0.2, -0.15) is 0 Å².